The molecule has 1 aliphatic rings. The van der Waals surface area contributed by atoms with E-state index in [2.05, 4.69) is 21.7 Å². The smallest absolute Gasteiger partial charge is 0.303 e. The lowest BCUT2D eigenvalue weighted by molar-refractivity contribution is -0.137. The molecular formula is C30H31Cl2FN2O3. The number of methoxy groups -OCH3 is 1. The Kier molecular flexibility index (Phi) is 9.85. The Morgan fingerprint density at radius 2 is 2.08 bits per heavy atom. The Labute approximate surface area is 232 Å². The summed E-state index contributed by atoms with van der Waals surface area (Å²) >= 11 is 12.3. The Morgan fingerprint density at radius 1 is 1.24 bits per heavy atom. The van der Waals surface area contributed by atoms with Crippen molar-refractivity contribution in [2.45, 2.75) is 38.3 Å². The number of halogens is 3. The monoisotopic (exact) mass is 556 g/mol. The summed E-state index contributed by atoms with van der Waals surface area (Å²) in [5.41, 5.74) is 2.04. The number of aromatic nitrogens is 1. The Hall–Kier alpha value is -2.85. The van der Waals surface area contributed by atoms with Gasteiger partial charge in [-0.2, -0.15) is 0 Å². The first-order chi connectivity index (χ1) is 18.4. The van der Waals surface area contributed by atoms with Crippen LogP contribution in [-0.2, 0) is 4.79 Å². The summed E-state index contributed by atoms with van der Waals surface area (Å²) in [7, 11) is 1.59. The number of hydrogen-bond acceptors (Lipinski definition) is 4. The van der Waals surface area contributed by atoms with Gasteiger partial charge in [0.2, 0.25) is 0 Å². The van der Waals surface area contributed by atoms with Crippen molar-refractivity contribution < 1.29 is 19.0 Å². The summed E-state index contributed by atoms with van der Waals surface area (Å²) in [6.45, 7) is 2.12. The van der Waals surface area contributed by atoms with Crippen molar-refractivity contribution in [1.29, 1.82) is 0 Å². The van der Waals surface area contributed by atoms with Gasteiger partial charge in [0.15, 0.2) is 0 Å². The van der Waals surface area contributed by atoms with Crippen molar-refractivity contribution >= 4 is 40.1 Å². The third kappa shape index (κ3) is 7.17. The van der Waals surface area contributed by atoms with Gasteiger partial charge in [-0.3, -0.25) is 14.7 Å². The number of piperidine rings is 1. The molecule has 1 aliphatic heterocycles. The maximum absolute atomic E-state index is 15.6. The van der Waals surface area contributed by atoms with Crippen LogP contribution in [0.3, 0.4) is 0 Å². The molecule has 0 aliphatic carbocycles. The molecule has 1 saturated heterocycles. The molecular weight excluding hydrogens is 526 g/mol. The minimum atomic E-state index is -1.14. The third-order valence-corrected chi connectivity index (χ3v) is 8.11. The van der Waals surface area contributed by atoms with E-state index in [0.29, 0.717) is 52.7 Å². The highest BCUT2D eigenvalue weighted by molar-refractivity contribution is 6.42. The third-order valence-electron chi connectivity index (χ3n) is 7.29. The van der Waals surface area contributed by atoms with Crippen LogP contribution in [-0.4, -0.2) is 47.7 Å². The molecule has 2 aromatic carbocycles. The Morgan fingerprint density at radius 3 is 2.87 bits per heavy atom. The maximum Gasteiger partial charge on any atom is 0.303 e. The van der Waals surface area contributed by atoms with Crippen LogP contribution < -0.4 is 4.74 Å². The number of carboxylic acids is 1. The first-order valence-electron chi connectivity index (χ1n) is 12.8. The number of nitrogens with zero attached hydrogens (tertiary/aromatic N) is 2. The molecule has 0 radical (unpaired) electrons. The molecule has 200 valence electrons. The fourth-order valence-electron chi connectivity index (χ4n) is 5.23. The van der Waals surface area contributed by atoms with E-state index in [1.54, 1.807) is 25.4 Å². The number of alkyl halides is 1. The number of benzene rings is 2. The topological polar surface area (TPSA) is 62.7 Å². The lowest BCUT2D eigenvalue weighted by Crippen LogP contribution is -2.41. The first kappa shape index (κ1) is 28.2. The summed E-state index contributed by atoms with van der Waals surface area (Å²) in [5, 5.41) is 11.0. The number of fused-ring (bicyclic) bond motifs is 1. The van der Waals surface area contributed by atoms with Crippen LogP contribution in [0.4, 0.5) is 4.39 Å². The molecule has 1 fully saturated rings. The fourth-order valence-corrected chi connectivity index (χ4v) is 5.57. The number of hydrogen-bond donors (Lipinski definition) is 1. The lowest BCUT2D eigenvalue weighted by Gasteiger charge is -2.38. The molecule has 2 heterocycles. The molecule has 3 aromatic rings. The number of carbonyl (C=O) groups is 1. The molecule has 5 nitrogen and oxygen atoms in total. The molecule has 38 heavy (non-hydrogen) atoms. The van der Waals surface area contributed by atoms with Crippen LogP contribution in [0.2, 0.25) is 10.0 Å². The zero-order valence-corrected chi connectivity index (χ0v) is 22.8. The second kappa shape index (κ2) is 13.3. The number of likely N-dealkylation sites (tertiary alicyclic amines) is 1. The number of carboxylic acid groups (broad SMARTS) is 1. The second-order valence-corrected chi connectivity index (χ2v) is 10.5. The predicted octanol–water partition coefficient (Wildman–Crippen LogP) is 7.20. The predicted molar refractivity (Wildman–Crippen MR) is 150 cm³/mol. The second-order valence-electron chi connectivity index (χ2n) is 9.71. The number of pyridine rings is 1. The molecule has 0 bridgehead atoms. The van der Waals surface area contributed by atoms with E-state index in [-0.39, 0.29) is 18.3 Å². The van der Waals surface area contributed by atoms with Gasteiger partial charge in [-0.1, -0.05) is 41.1 Å². The van der Waals surface area contributed by atoms with E-state index in [0.717, 1.165) is 30.4 Å². The van der Waals surface area contributed by atoms with Gasteiger partial charge >= 0.3 is 5.97 Å². The van der Waals surface area contributed by atoms with E-state index < -0.39 is 12.1 Å². The lowest BCUT2D eigenvalue weighted by atomic mass is 9.79. The van der Waals surface area contributed by atoms with E-state index in [9.17, 15) is 9.90 Å². The summed E-state index contributed by atoms with van der Waals surface area (Å²) < 4.78 is 20.9. The van der Waals surface area contributed by atoms with E-state index >= 15 is 4.39 Å². The largest absolute Gasteiger partial charge is 0.497 e. The molecule has 0 spiro atoms. The highest BCUT2D eigenvalue weighted by Crippen LogP contribution is 2.36. The minimum Gasteiger partial charge on any atom is -0.497 e. The molecule has 3 atom stereocenters. The van der Waals surface area contributed by atoms with Crippen LogP contribution in [0.25, 0.3) is 10.9 Å². The number of rotatable bonds is 9. The zero-order valence-electron chi connectivity index (χ0n) is 21.3. The van der Waals surface area contributed by atoms with Gasteiger partial charge < -0.3 is 9.84 Å². The molecule has 4 rings (SSSR count). The van der Waals surface area contributed by atoms with Crippen molar-refractivity contribution in [3.8, 4) is 17.6 Å². The van der Waals surface area contributed by atoms with Crippen LogP contribution in [0, 0.1) is 23.7 Å². The molecule has 0 unspecified atom stereocenters. The molecule has 1 N–H and O–H groups in total. The van der Waals surface area contributed by atoms with Crippen LogP contribution in [0.1, 0.15) is 49.4 Å². The standard InChI is InChI=1S/C30H31Cl2FN2O3/c1-38-23-9-11-28-25(18-23)24(13-15-34-28)27(33)10-7-20-14-17-35(19-22(20)8-12-29(36)37)16-3-5-21-4-2-6-26(31)30(21)32/h2,4,6,9,11,13,15,18,20,22,27H,7-8,10,12,14,16-17,19H2,1H3,(H,36,37)/t20-,22-,27-/m1/s1. The molecule has 0 amide bonds. The van der Waals surface area contributed by atoms with Gasteiger partial charge in [-0.15, -0.1) is 0 Å². The van der Waals surface area contributed by atoms with E-state index in [4.69, 9.17) is 27.9 Å². The van der Waals surface area contributed by atoms with Gasteiger partial charge in [0.25, 0.3) is 0 Å². The molecule has 0 saturated carbocycles. The van der Waals surface area contributed by atoms with Crippen LogP contribution in [0.15, 0.2) is 48.7 Å². The average molecular weight is 557 g/mol. The van der Waals surface area contributed by atoms with Crippen molar-refractivity contribution in [2.75, 3.05) is 26.7 Å². The van der Waals surface area contributed by atoms with Gasteiger partial charge in [0.05, 0.1) is 29.2 Å². The minimum absolute atomic E-state index is 0.104. The van der Waals surface area contributed by atoms with Crippen molar-refractivity contribution in [3.63, 3.8) is 0 Å². The quantitative estimate of drug-likeness (QED) is 0.282. The maximum atomic E-state index is 15.6. The molecule has 8 heteroatoms. The van der Waals surface area contributed by atoms with Gasteiger partial charge in [0, 0.05) is 30.1 Å². The van der Waals surface area contributed by atoms with Crippen molar-refractivity contribution in [3.05, 3.63) is 69.8 Å². The fraction of sp³-hybridized carbons (Fsp3) is 0.400. The van der Waals surface area contributed by atoms with E-state index in [1.807, 2.05) is 30.3 Å². The van der Waals surface area contributed by atoms with Crippen LogP contribution in [0.5, 0.6) is 5.75 Å². The average Bonchev–Trinajstić information content (AvgIpc) is 2.92. The number of ether oxygens (including phenoxy) is 1. The molecule has 1 aromatic heterocycles. The van der Waals surface area contributed by atoms with Gasteiger partial charge in [0.1, 0.15) is 11.9 Å². The highest BCUT2D eigenvalue weighted by Gasteiger charge is 2.30. The zero-order chi connectivity index (χ0) is 27.1. The first-order valence-corrected chi connectivity index (χ1v) is 13.5. The highest BCUT2D eigenvalue weighted by atomic mass is 35.5. The van der Waals surface area contributed by atoms with Crippen molar-refractivity contribution in [2.24, 2.45) is 11.8 Å². The summed E-state index contributed by atoms with van der Waals surface area (Å²) in [5.74, 6) is 6.55. The SMILES string of the molecule is COc1ccc2nccc([C@H](F)CC[C@@H]3CCN(CC#Cc4cccc(Cl)c4Cl)C[C@H]3CCC(=O)O)c2c1. The van der Waals surface area contributed by atoms with Gasteiger partial charge in [-0.05, 0) is 86.0 Å². The summed E-state index contributed by atoms with van der Waals surface area (Å²) in [6, 6.07) is 12.6. The van der Waals surface area contributed by atoms with Crippen molar-refractivity contribution in [1.82, 2.24) is 9.88 Å². The van der Waals surface area contributed by atoms with Crippen LogP contribution >= 0.6 is 23.2 Å². The summed E-state index contributed by atoms with van der Waals surface area (Å²) in [4.78, 5) is 17.9. The van der Waals surface area contributed by atoms with E-state index in [1.165, 1.54) is 0 Å². The normalized spacial score (nSPS) is 18.5. The number of aliphatic carboxylic acids is 1. The Bertz CT molecular complexity index is 1340. The van der Waals surface area contributed by atoms with Gasteiger partial charge in [-0.25, -0.2) is 4.39 Å². The Balaban J connectivity index is 1.40. The summed E-state index contributed by atoms with van der Waals surface area (Å²) in [6.07, 6.45) is 3.11.